The number of aromatic amines is 2. The molecule has 2 N–H and O–H groups in total. The van der Waals surface area contributed by atoms with Gasteiger partial charge in [-0.05, 0) is 24.6 Å². The minimum atomic E-state index is -0.0666. The number of hydrogen-bond donors (Lipinski definition) is 2. The molecular weight excluding hydrogens is 228 g/mol. The van der Waals surface area contributed by atoms with Crippen molar-refractivity contribution in [2.75, 3.05) is 7.11 Å². The predicted octanol–water partition coefficient (Wildman–Crippen LogP) is 2.58. The zero-order valence-corrected chi connectivity index (χ0v) is 10.3. The van der Waals surface area contributed by atoms with Gasteiger partial charge in [-0.15, -0.1) is 0 Å². The highest BCUT2D eigenvalue weighted by Gasteiger charge is 2.09. The number of H-pyrrole nitrogens is 2. The van der Waals surface area contributed by atoms with Crippen molar-refractivity contribution < 1.29 is 4.74 Å². The molecule has 0 amide bonds. The third kappa shape index (κ3) is 1.49. The first-order valence-electron chi connectivity index (χ1n) is 5.94. The molecule has 0 aliphatic heterocycles. The van der Waals surface area contributed by atoms with Crippen LogP contribution in [0.25, 0.3) is 21.8 Å². The molecule has 0 saturated carbocycles. The van der Waals surface area contributed by atoms with E-state index in [0.717, 1.165) is 39.7 Å². The first kappa shape index (κ1) is 10.9. The number of benzene rings is 1. The largest absolute Gasteiger partial charge is 0.497 e. The molecule has 2 heterocycles. The van der Waals surface area contributed by atoms with Crippen molar-refractivity contribution >= 4 is 21.8 Å². The lowest BCUT2D eigenvalue weighted by molar-refractivity contribution is 0.415. The summed E-state index contributed by atoms with van der Waals surface area (Å²) in [4.78, 5) is 17.9. The van der Waals surface area contributed by atoms with Crippen molar-refractivity contribution in [2.45, 2.75) is 13.3 Å². The van der Waals surface area contributed by atoms with Crippen LogP contribution in [0.2, 0.25) is 0 Å². The standard InChI is InChI=1S/C14H14N2O2/c1-3-11-14-10(7-13(17)15-11)9-6-8(18-2)4-5-12(9)16-14/h4-7,16H,3H2,1-2H3,(H,15,17). The number of hydrogen-bond acceptors (Lipinski definition) is 2. The van der Waals surface area contributed by atoms with Crippen LogP contribution < -0.4 is 10.3 Å². The maximum Gasteiger partial charge on any atom is 0.248 e. The molecule has 0 aliphatic rings. The Balaban J connectivity index is 2.48. The van der Waals surface area contributed by atoms with E-state index in [0.29, 0.717) is 0 Å². The fourth-order valence-electron chi connectivity index (χ4n) is 2.35. The van der Waals surface area contributed by atoms with Crippen LogP contribution in [-0.2, 0) is 6.42 Å². The Hall–Kier alpha value is -2.23. The monoisotopic (exact) mass is 242 g/mol. The van der Waals surface area contributed by atoms with Crippen LogP contribution >= 0.6 is 0 Å². The van der Waals surface area contributed by atoms with Gasteiger partial charge in [-0.2, -0.15) is 0 Å². The molecule has 0 spiro atoms. The maximum absolute atomic E-state index is 11.7. The zero-order chi connectivity index (χ0) is 12.7. The van der Waals surface area contributed by atoms with Gasteiger partial charge in [0.25, 0.3) is 0 Å². The number of pyridine rings is 1. The van der Waals surface area contributed by atoms with Crippen LogP contribution in [0, 0.1) is 0 Å². The van der Waals surface area contributed by atoms with Gasteiger partial charge < -0.3 is 14.7 Å². The maximum atomic E-state index is 11.7. The molecule has 0 aliphatic carbocycles. The second-order valence-electron chi connectivity index (χ2n) is 4.29. The van der Waals surface area contributed by atoms with Crippen molar-refractivity contribution in [3.05, 3.63) is 40.3 Å². The van der Waals surface area contributed by atoms with Gasteiger partial charge in [0, 0.05) is 28.0 Å². The summed E-state index contributed by atoms with van der Waals surface area (Å²) < 4.78 is 5.23. The van der Waals surface area contributed by atoms with Gasteiger partial charge in [-0.3, -0.25) is 4.79 Å². The highest BCUT2D eigenvalue weighted by atomic mass is 16.5. The van der Waals surface area contributed by atoms with Crippen LogP contribution in [-0.4, -0.2) is 17.1 Å². The summed E-state index contributed by atoms with van der Waals surface area (Å²) in [6.07, 6.45) is 0.788. The molecule has 3 aromatic rings. The molecule has 3 rings (SSSR count). The van der Waals surface area contributed by atoms with Crippen molar-refractivity contribution in [3.63, 3.8) is 0 Å². The number of ether oxygens (including phenoxy) is 1. The Morgan fingerprint density at radius 2 is 2.00 bits per heavy atom. The molecule has 0 unspecified atom stereocenters. The molecule has 18 heavy (non-hydrogen) atoms. The Labute approximate surface area is 104 Å². The lowest BCUT2D eigenvalue weighted by Crippen LogP contribution is -2.06. The fourth-order valence-corrected chi connectivity index (χ4v) is 2.35. The van der Waals surface area contributed by atoms with Gasteiger partial charge in [-0.25, -0.2) is 0 Å². The normalized spacial score (nSPS) is 11.2. The molecule has 0 saturated heterocycles. The van der Waals surface area contributed by atoms with E-state index in [1.54, 1.807) is 13.2 Å². The predicted molar refractivity (Wildman–Crippen MR) is 72.4 cm³/mol. The highest BCUT2D eigenvalue weighted by molar-refractivity contribution is 6.08. The zero-order valence-electron chi connectivity index (χ0n) is 10.3. The molecule has 0 fully saturated rings. The van der Waals surface area contributed by atoms with E-state index in [2.05, 4.69) is 9.97 Å². The Morgan fingerprint density at radius 1 is 1.17 bits per heavy atom. The first-order valence-corrected chi connectivity index (χ1v) is 5.94. The van der Waals surface area contributed by atoms with Crippen LogP contribution in [0.4, 0.5) is 0 Å². The number of nitrogens with one attached hydrogen (secondary N) is 2. The van der Waals surface area contributed by atoms with E-state index in [4.69, 9.17) is 4.74 Å². The highest BCUT2D eigenvalue weighted by Crippen LogP contribution is 2.28. The molecule has 0 atom stereocenters. The summed E-state index contributed by atoms with van der Waals surface area (Å²) >= 11 is 0. The van der Waals surface area contributed by atoms with Crippen molar-refractivity contribution in [3.8, 4) is 5.75 Å². The Bertz CT molecular complexity index is 783. The summed E-state index contributed by atoms with van der Waals surface area (Å²) in [5, 5.41) is 1.97. The second-order valence-corrected chi connectivity index (χ2v) is 4.29. The van der Waals surface area contributed by atoms with E-state index in [1.165, 1.54) is 0 Å². The molecule has 0 bridgehead atoms. The van der Waals surface area contributed by atoms with Crippen LogP contribution in [0.3, 0.4) is 0 Å². The molecule has 4 heteroatoms. The van der Waals surface area contributed by atoms with Gasteiger partial charge in [0.1, 0.15) is 5.75 Å². The summed E-state index contributed by atoms with van der Waals surface area (Å²) in [6.45, 7) is 2.02. The van der Waals surface area contributed by atoms with Gasteiger partial charge in [0.2, 0.25) is 5.56 Å². The number of fused-ring (bicyclic) bond motifs is 3. The third-order valence-electron chi connectivity index (χ3n) is 3.25. The van der Waals surface area contributed by atoms with Crippen LogP contribution in [0.5, 0.6) is 5.75 Å². The van der Waals surface area contributed by atoms with Gasteiger partial charge in [-0.1, -0.05) is 6.92 Å². The lowest BCUT2D eigenvalue weighted by Gasteiger charge is -1.99. The number of aromatic nitrogens is 2. The van der Waals surface area contributed by atoms with Crippen LogP contribution in [0.1, 0.15) is 12.6 Å². The first-order chi connectivity index (χ1) is 8.72. The molecule has 2 aromatic heterocycles. The molecule has 92 valence electrons. The molecule has 0 radical (unpaired) electrons. The third-order valence-corrected chi connectivity index (χ3v) is 3.25. The molecular formula is C14H14N2O2. The minimum Gasteiger partial charge on any atom is -0.497 e. The average molecular weight is 242 g/mol. The van der Waals surface area contributed by atoms with Gasteiger partial charge in [0.15, 0.2) is 0 Å². The van der Waals surface area contributed by atoms with Gasteiger partial charge in [0.05, 0.1) is 12.6 Å². The van der Waals surface area contributed by atoms with E-state index in [1.807, 2.05) is 25.1 Å². The Morgan fingerprint density at radius 3 is 2.72 bits per heavy atom. The van der Waals surface area contributed by atoms with Gasteiger partial charge >= 0.3 is 0 Å². The number of aryl methyl sites for hydroxylation is 1. The van der Waals surface area contributed by atoms with Crippen molar-refractivity contribution in [2.24, 2.45) is 0 Å². The number of rotatable bonds is 2. The second kappa shape index (κ2) is 3.91. The topological polar surface area (TPSA) is 57.9 Å². The quantitative estimate of drug-likeness (QED) is 0.725. The minimum absolute atomic E-state index is 0.0666. The van der Waals surface area contributed by atoms with E-state index in [9.17, 15) is 4.79 Å². The lowest BCUT2D eigenvalue weighted by atomic mass is 10.1. The summed E-state index contributed by atoms with van der Waals surface area (Å²) in [5.41, 5.74) is 2.88. The van der Waals surface area contributed by atoms with E-state index < -0.39 is 0 Å². The summed E-state index contributed by atoms with van der Waals surface area (Å²) in [5.74, 6) is 0.793. The van der Waals surface area contributed by atoms with Crippen LogP contribution in [0.15, 0.2) is 29.1 Å². The summed E-state index contributed by atoms with van der Waals surface area (Å²) in [6, 6.07) is 7.46. The fraction of sp³-hybridized carbons (Fsp3) is 0.214. The van der Waals surface area contributed by atoms with E-state index >= 15 is 0 Å². The number of methoxy groups -OCH3 is 1. The smallest absolute Gasteiger partial charge is 0.248 e. The SMILES string of the molecule is CCc1[nH]c(=O)cc2c1[nH]c1ccc(OC)cc12. The summed E-state index contributed by atoms with van der Waals surface area (Å²) in [7, 11) is 1.64. The average Bonchev–Trinajstić information content (AvgIpc) is 2.75. The Kier molecular flexibility index (Phi) is 2.37. The van der Waals surface area contributed by atoms with E-state index in [-0.39, 0.29) is 5.56 Å². The molecule has 4 nitrogen and oxygen atoms in total. The molecule has 1 aromatic carbocycles. The van der Waals surface area contributed by atoms with Crippen molar-refractivity contribution in [1.82, 2.24) is 9.97 Å². The van der Waals surface area contributed by atoms with Crippen molar-refractivity contribution in [1.29, 1.82) is 0 Å².